The molecule has 0 aromatic heterocycles. The van der Waals surface area contributed by atoms with Crippen molar-refractivity contribution in [3.8, 4) is 69.0 Å². The van der Waals surface area contributed by atoms with Gasteiger partial charge in [0.15, 0.2) is 69.0 Å². The fourth-order valence-corrected chi connectivity index (χ4v) is 8.30. The first-order chi connectivity index (χ1) is 21.2. The van der Waals surface area contributed by atoms with Crippen molar-refractivity contribution >= 4 is 35.3 Å². The summed E-state index contributed by atoms with van der Waals surface area (Å²) >= 11 is 4.46. The minimum atomic E-state index is -0.759. The molecule has 12 nitrogen and oxygen atoms in total. The van der Waals surface area contributed by atoms with E-state index < -0.39 is 5.92 Å². The molecule has 0 spiro atoms. The number of hydrogen-bond acceptors (Lipinski definition) is 15. The third kappa shape index (κ3) is 3.38. The molecule has 3 aromatic carbocycles. The maximum atomic E-state index is 6.22. The average Bonchev–Trinajstić information content (AvgIpc) is 3.87. The predicted molar refractivity (Wildman–Crippen MR) is 152 cm³/mol. The second-order valence-corrected chi connectivity index (χ2v) is 12.1. The molecule has 0 aliphatic carbocycles. The Balaban J connectivity index is 1.45. The van der Waals surface area contributed by atoms with Gasteiger partial charge in [0.1, 0.15) is 0 Å². The zero-order valence-corrected chi connectivity index (χ0v) is 25.4. The number of thioether (sulfide) groups is 3. The Morgan fingerprint density at radius 3 is 0.698 bits per heavy atom. The molecule has 3 aromatic rings. The molecule has 6 aliphatic heterocycles. The first-order valence-electron chi connectivity index (χ1n) is 13.1. The molecule has 15 heteroatoms. The van der Waals surface area contributed by atoms with Crippen molar-refractivity contribution < 1.29 is 56.8 Å². The van der Waals surface area contributed by atoms with Gasteiger partial charge in [-0.1, -0.05) is 0 Å². The van der Waals surface area contributed by atoms with Crippen LogP contribution >= 0.6 is 35.3 Å². The summed E-state index contributed by atoms with van der Waals surface area (Å²) in [7, 11) is 0. The summed E-state index contributed by atoms with van der Waals surface area (Å²) in [6, 6.07) is 0. The van der Waals surface area contributed by atoms with Gasteiger partial charge in [0.2, 0.25) is 40.8 Å². The summed E-state index contributed by atoms with van der Waals surface area (Å²) in [6.45, 7) is 0.126. The van der Waals surface area contributed by atoms with Gasteiger partial charge in [0, 0.05) is 0 Å². The lowest BCUT2D eigenvalue weighted by atomic mass is 9.81. The van der Waals surface area contributed by atoms with Gasteiger partial charge in [-0.2, -0.15) is 0 Å². The highest BCUT2D eigenvalue weighted by molar-refractivity contribution is 7.99. The molecule has 6 aliphatic rings. The highest BCUT2D eigenvalue weighted by Gasteiger charge is 2.48. The van der Waals surface area contributed by atoms with E-state index in [2.05, 4.69) is 0 Å². The SMILES string of the molecule is CSc1c2c(c(C(c3c4c(c(SC)c5c3OCO5)OCO4)c3c4c(c(SC)c5c3OCO5)OCO4)c3c1OCO3)OCO2. The van der Waals surface area contributed by atoms with Crippen molar-refractivity contribution in [1.29, 1.82) is 0 Å². The summed E-state index contributed by atoms with van der Waals surface area (Å²) < 4.78 is 73.6. The van der Waals surface area contributed by atoms with Crippen molar-refractivity contribution in [2.75, 3.05) is 59.5 Å². The van der Waals surface area contributed by atoms with E-state index in [9.17, 15) is 0 Å². The molecule has 0 saturated carbocycles. The van der Waals surface area contributed by atoms with Crippen LogP contribution in [0.25, 0.3) is 0 Å². The van der Waals surface area contributed by atoms with Crippen LogP contribution in [-0.4, -0.2) is 59.5 Å². The zero-order chi connectivity index (χ0) is 28.8. The van der Waals surface area contributed by atoms with Crippen LogP contribution in [0.4, 0.5) is 0 Å². The van der Waals surface area contributed by atoms with Gasteiger partial charge in [-0.25, -0.2) is 0 Å². The van der Waals surface area contributed by atoms with E-state index >= 15 is 0 Å². The van der Waals surface area contributed by atoms with Gasteiger partial charge >= 0.3 is 0 Å². The highest BCUT2D eigenvalue weighted by atomic mass is 32.2. The Hall–Kier alpha value is -3.69. The molecule has 6 heterocycles. The summed E-state index contributed by atoms with van der Waals surface area (Å²) in [5.41, 5.74) is 1.87. The maximum Gasteiger partial charge on any atom is 0.231 e. The van der Waals surface area contributed by atoms with Crippen LogP contribution in [0.2, 0.25) is 0 Å². The molecule has 0 radical (unpaired) electrons. The van der Waals surface area contributed by atoms with Gasteiger partial charge in [-0.3, -0.25) is 0 Å². The predicted octanol–water partition coefficient (Wildman–Crippen LogP) is 5.40. The Morgan fingerprint density at radius 1 is 0.326 bits per heavy atom. The van der Waals surface area contributed by atoms with E-state index in [1.165, 1.54) is 35.3 Å². The molecule has 0 saturated heterocycles. The molecule has 224 valence electrons. The first-order valence-corrected chi connectivity index (χ1v) is 16.8. The summed E-state index contributed by atoms with van der Waals surface area (Å²) in [5.74, 6) is 5.61. The average molecular weight is 647 g/mol. The molecule has 43 heavy (non-hydrogen) atoms. The van der Waals surface area contributed by atoms with Crippen LogP contribution in [0.5, 0.6) is 69.0 Å². The first kappa shape index (κ1) is 25.8. The van der Waals surface area contributed by atoms with Crippen molar-refractivity contribution in [3.05, 3.63) is 16.7 Å². The summed E-state index contributed by atoms with van der Waals surface area (Å²) in [5, 5.41) is 0. The van der Waals surface area contributed by atoms with E-state index in [0.29, 0.717) is 85.7 Å². The lowest BCUT2D eigenvalue weighted by molar-refractivity contribution is 0.159. The maximum absolute atomic E-state index is 6.22. The lowest BCUT2D eigenvalue weighted by Gasteiger charge is -2.27. The van der Waals surface area contributed by atoms with Crippen LogP contribution in [0.15, 0.2) is 14.7 Å². The second-order valence-electron chi connectivity index (χ2n) is 9.66. The van der Waals surface area contributed by atoms with Crippen molar-refractivity contribution in [3.63, 3.8) is 0 Å². The van der Waals surface area contributed by atoms with Crippen molar-refractivity contribution in [2.24, 2.45) is 0 Å². The standard InChI is InChI=1S/C28H22O12S3/c1-41-26-20-14(29-4-35-20)11(15-21(26)36-5-30-15)10(12-16-22(37-6-31-16)27(42-2)23-17(12)32-7-38-23)13-18-24(39-8-33-18)28(43-3)25-19(13)34-9-40-25/h10H,4-9H2,1-3H3. The minimum absolute atomic E-state index is 0.0210. The number of fused-ring (bicyclic) bond motifs is 6. The Morgan fingerprint density at radius 2 is 0.512 bits per heavy atom. The fourth-order valence-electron chi connectivity index (χ4n) is 6.28. The molecular formula is C28H22O12S3. The highest BCUT2D eigenvalue weighted by Crippen LogP contribution is 2.68. The molecular weight excluding hydrogens is 624 g/mol. The molecule has 0 unspecified atom stereocenters. The van der Waals surface area contributed by atoms with E-state index in [0.717, 1.165) is 14.7 Å². The van der Waals surface area contributed by atoms with Crippen LogP contribution in [0.3, 0.4) is 0 Å². The molecule has 0 bridgehead atoms. The topological polar surface area (TPSA) is 111 Å². The lowest BCUT2D eigenvalue weighted by Crippen LogP contribution is -2.12. The zero-order valence-electron chi connectivity index (χ0n) is 22.9. The van der Waals surface area contributed by atoms with Gasteiger partial charge in [0.05, 0.1) is 37.3 Å². The fraction of sp³-hybridized carbons (Fsp3) is 0.357. The molecule has 0 amide bonds. The van der Waals surface area contributed by atoms with E-state index in [-0.39, 0.29) is 40.8 Å². The normalized spacial score (nSPS) is 17.0. The van der Waals surface area contributed by atoms with Gasteiger partial charge in [-0.05, 0) is 18.8 Å². The van der Waals surface area contributed by atoms with Crippen LogP contribution in [0, 0.1) is 0 Å². The second kappa shape index (κ2) is 9.66. The third-order valence-corrected chi connectivity index (χ3v) is 10.2. The number of ether oxygens (including phenoxy) is 12. The monoisotopic (exact) mass is 646 g/mol. The third-order valence-electron chi connectivity index (χ3n) is 7.86. The number of rotatable bonds is 6. The Labute approximate surface area is 257 Å². The van der Waals surface area contributed by atoms with Crippen LogP contribution in [-0.2, 0) is 0 Å². The van der Waals surface area contributed by atoms with Gasteiger partial charge < -0.3 is 56.8 Å². The molecule has 9 rings (SSSR count). The van der Waals surface area contributed by atoms with E-state index in [4.69, 9.17) is 56.8 Å². The smallest absolute Gasteiger partial charge is 0.231 e. The van der Waals surface area contributed by atoms with Crippen molar-refractivity contribution in [1.82, 2.24) is 0 Å². The number of hydrogen-bond donors (Lipinski definition) is 0. The van der Waals surface area contributed by atoms with E-state index in [1.807, 2.05) is 18.8 Å². The Kier molecular flexibility index (Phi) is 5.79. The van der Waals surface area contributed by atoms with Crippen LogP contribution in [0.1, 0.15) is 22.6 Å². The Bertz CT molecular complexity index is 1420. The molecule has 0 atom stereocenters. The quantitative estimate of drug-likeness (QED) is 0.251. The molecule has 0 N–H and O–H groups in total. The van der Waals surface area contributed by atoms with E-state index in [1.54, 1.807) is 0 Å². The van der Waals surface area contributed by atoms with Gasteiger partial charge in [0.25, 0.3) is 0 Å². The van der Waals surface area contributed by atoms with Gasteiger partial charge in [-0.15, -0.1) is 35.3 Å². The minimum Gasteiger partial charge on any atom is -0.453 e. The summed E-state index contributed by atoms with van der Waals surface area (Å²) in [6.07, 6.45) is 5.85. The van der Waals surface area contributed by atoms with Crippen molar-refractivity contribution in [2.45, 2.75) is 20.6 Å². The molecule has 0 fully saturated rings. The number of benzene rings is 3. The largest absolute Gasteiger partial charge is 0.453 e. The van der Waals surface area contributed by atoms with Crippen LogP contribution < -0.4 is 56.8 Å². The summed E-state index contributed by atoms with van der Waals surface area (Å²) in [4.78, 5) is 2.34.